The highest BCUT2D eigenvalue weighted by Gasteiger charge is 2.27. The SMILES string of the molecule is Cc1cccc(NC(=O)C2CNC(=O)C2)c1. The van der Waals surface area contributed by atoms with Gasteiger partial charge in [0.25, 0.3) is 0 Å². The minimum atomic E-state index is -0.243. The lowest BCUT2D eigenvalue weighted by atomic mass is 10.1. The molecule has 0 aliphatic carbocycles. The molecule has 84 valence electrons. The summed E-state index contributed by atoms with van der Waals surface area (Å²) in [5.74, 6) is -0.388. The zero-order valence-electron chi connectivity index (χ0n) is 9.12. The number of aryl methyl sites for hydroxylation is 1. The minimum Gasteiger partial charge on any atom is -0.355 e. The van der Waals surface area contributed by atoms with E-state index >= 15 is 0 Å². The molecule has 0 aromatic heterocycles. The van der Waals surface area contributed by atoms with Crippen LogP contribution in [0.25, 0.3) is 0 Å². The summed E-state index contributed by atoms with van der Waals surface area (Å²) in [5, 5.41) is 5.46. The Morgan fingerprint density at radius 2 is 2.31 bits per heavy atom. The normalized spacial score (nSPS) is 19.3. The summed E-state index contributed by atoms with van der Waals surface area (Å²) >= 11 is 0. The molecule has 16 heavy (non-hydrogen) atoms. The molecule has 1 atom stereocenters. The van der Waals surface area contributed by atoms with Gasteiger partial charge in [-0.25, -0.2) is 0 Å². The van der Waals surface area contributed by atoms with E-state index < -0.39 is 0 Å². The molecule has 4 nitrogen and oxygen atoms in total. The Labute approximate surface area is 94.0 Å². The molecule has 0 radical (unpaired) electrons. The lowest BCUT2D eigenvalue weighted by Crippen LogP contribution is -2.24. The molecule has 1 aromatic rings. The van der Waals surface area contributed by atoms with Crippen molar-refractivity contribution in [2.75, 3.05) is 11.9 Å². The van der Waals surface area contributed by atoms with Gasteiger partial charge in [0.2, 0.25) is 11.8 Å². The second-order valence-corrected chi connectivity index (χ2v) is 4.06. The second kappa shape index (κ2) is 4.35. The molecule has 1 aliphatic heterocycles. The van der Waals surface area contributed by atoms with Gasteiger partial charge in [-0.05, 0) is 24.6 Å². The minimum absolute atomic E-state index is 0.0515. The van der Waals surface area contributed by atoms with Crippen molar-refractivity contribution >= 4 is 17.5 Å². The highest BCUT2D eigenvalue weighted by atomic mass is 16.2. The van der Waals surface area contributed by atoms with E-state index in [1.807, 2.05) is 31.2 Å². The van der Waals surface area contributed by atoms with Crippen molar-refractivity contribution in [1.29, 1.82) is 0 Å². The van der Waals surface area contributed by atoms with Crippen LogP contribution in [0.5, 0.6) is 0 Å². The highest BCUT2D eigenvalue weighted by Crippen LogP contribution is 2.14. The summed E-state index contributed by atoms with van der Waals surface area (Å²) in [6.07, 6.45) is 0.289. The van der Waals surface area contributed by atoms with Crippen LogP contribution in [-0.4, -0.2) is 18.4 Å². The van der Waals surface area contributed by atoms with Crippen molar-refractivity contribution in [2.45, 2.75) is 13.3 Å². The van der Waals surface area contributed by atoms with Crippen molar-refractivity contribution in [3.05, 3.63) is 29.8 Å². The van der Waals surface area contributed by atoms with Gasteiger partial charge in [0.15, 0.2) is 0 Å². The fourth-order valence-electron chi connectivity index (χ4n) is 1.76. The van der Waals surface area contributed by atoms with Crippen molar-refractivity contribution in [2.24, 2.45) is 5.92 Å². The van der Waals surface area contributed by atoms with Crippen LogP contribution in [0.15, 0.2) is 24.3 Å². The first-order valence-electron chi connectivity index (χ1n) is 5.29. The molecule has 2 rings (SSSR count). The van der Waals surface area contributed by atoms with Crippen LogP contribution in [0.2, 0.25) is 0 Å². The predicted molar refractivity (Wildman–Crippen MR) is 60.9 cm³/mol. The maximum absolute atomic E-state index is 11.8. The van der Waals surface area contributed by atoms with E-state index in [2.05, 4.69) is 10.6 Å². The number of rotatable bonds is 2. The van der Waals surface area contributed by atoms with E-state index in [0.29, 0.717) is 6.54 Å². The Hall–Kier alpha value is -1.84. The van der Waals surface area contributed by atoms with E-state index in [9.17, 15) is 9.59 Å². The average Bonchev–Trinajstić information content (AvgIpc) is 2.65. The van der Waals surface area contributed by atoms with Gasteiger partial charge >= 0.3 is 0 Å². The lowest BCUT2D eigenvalue weighted by Gasteiger charge is -2.09. The van der Waals surface area contributed by atoms with Crippen molar-refractivity contribution in [3.63, 3.8) is 0 Å². The molecule has 0 bridgehead atoms. The number of amides is 2. The first-order valence-corrected chi connectivity index (χ1v) is 5.29. The van der Waals surface area contributed by atoms with Crippen LogP contribution in [0.3, 0.4) is 0 Å². The zero-order valence-corrected chi connectivity index (χ0v) is 9.12. The third kappa shape index (κ3) is 2.39. The molecule has 1 aliphatic rings. The van der Waals surface area contributed by atoms with Gasteiger partial charge in [-0.2, -0.15) is 0 Å². The largest absolute Gasteiger partial charge is 0.355 e. The number of carbonyl (C=O) groups is 2. The fraction of sp³-hybridized carbons (Fsp3) is 0.333. The molecule has 1 fully saturated rings. The number of anilines is 1. The van der Waals surface area contributed by atoms with E-state index in [0.717, 1.165) is 11.3 Å². The standard InChI is InChI=1S/C12H14N2O2/c1-8-3-2-4-10(5-8)14-12(16)9-6-11(15)13-7-9/h2-5,9H,6-7H2,1H3,(H,13,15)(H,14,16). The summed E-state index contributed by atoms with van der Waals surface area (Å²) < 4.78 is 0. The quantitative estimate of drug-likeness (QED) is 0.780. The van der Waals surface area contributed by atoms with Crippen molar-refractivity contribution in [3.8, 4) is 0 Å². The van der Waals surface area contributed by atoms with E-state index in [1.54, 1.807) is 0 Å². The van der Waals surface area contributed by atoms with Crippen LogP contribution in [0.1, 0.15) is 12.0 Å². The number of carbonyl (C=O) groups excluding carboxylic acids is 2. The molecule has 0 saturated carbocycles. The summed E-state index contributed by atoms with van der Waals surface area (Å²) in [4.78, 5) is 22.7. The molecule has 0 spiro atoms. The first-order chi connectivity index (χ1) is 7.65. The molecule has 1 aromatic carbocycles. The molecular weight excluding hydrogens is 204 g/mol. The van der Waals surface area contributed by atoms with Crippen molar-refractivity contribution in [1.82, 2.24) is 5.32 Å². The summed E-state index contributed by atoms with van der Waals surface area (Å²) in [6.45, 7) is 2.41. The Morgan fingerprint density at radius 3 is 2.94 bits per heavy atom. The smallest absolute Gasteiger partial charge is 0.229 e. The number of benzene rings is 1. The first kappa shape index (κ1) is 10.7. The Bertz CT molecular complexity index is 429. The topological polar surface area (TPSA) is 58.2 Å². The maximum atomic E-state index is 11.8. The van der Waals surface area contributed by atoms with E-state index in [-0.39, 0.29) is 24.2 Å². The third-order valence-electron chi connectivity index (χ3n) is 2.63. The van der Waals surface area contributed by atoms with Gasteiger partial charge in [-0.15, -0.1) is 0 Å². The average molecular weight is 218 g/mol. The van der Waals surface area contributed by atoms with E-state index in [1.165, 1.54) is 0 Å². The van der Waals surface area contributed by atoms with E-state index in [4.69, 9.17) is 0 Å². The number of nitrogens with one attached hydrogen (secondary N) is 2. The zero-order chi connectivity index (χ0) is 11.5. The Morgan fingerprint density at radius 1 is 1.50 bits per heavy atom. The van der Waals surface area contributed by atoms with Gasteiger partial charge < -0.3 is 10.6 Å². The predicted octanol–water partition coefficient (Wildman–Crippen LogP) is 1.07. The summed E-state index contributed by atoms with van der Waals surface area (Å²) in [7, 11) is 0. The lowest BCUT2D eigenvalue weighted by molar-refractivity contribution is -0.123. The van der Waals surface area contributed by atoms with Crippen LogP contribution in [0.4, 0.5) is 5.69 Å². The molecule has 1 unspecified atom stereocenters. The summed E-state index contributed by atoms with van der Waals surface area (Å²) in [5.41, 5.74) is 1.88. The van der Waals surface area contributed by atoms with Crippen molar-refractivity contribution < 1.29 is 9.59 Å². The Balaban J connectivity index is 1.99. The van der Waals surface area contributed by atoms with Crippen LogP contribution in [0, 0.1) is 12.8 Å². The molecular formula is C12H14N2O2. The monoisotopic (exact) mass is 218 g/mol. The van der Waals surface area contributed by atoms with Crippen LogP contribution in [-0.2, 0) is 9.59 Å². The molecule has 2 amide bonds. The molecule has 4 heteroatoms. The van der Waals surface area contributed by atoms with Gasteiger partial charge in [0.05, 0.1) is 5.92 Å². The van der Waals surface area contributed by atoms with Gasteiger partial charge in [-0.3, -0.25) is 9.59 Å². The third-order valence-corrected chi connectivity index (χ3v) is 2.63. The Kier molecular flexibility index (Phi) is 2.90. The van der Waals surface area contributed by atoms with Crippen LogP contribution < -0.4 is 10.6 Å². The summed E-state index contributed by atoms with van der Waals surface area (Å²) in [6, 6.07) is 7.61. The second-order valence-electron chi connectivity index (χ2n) is 4.06. The fourth-order valence-corrected chi connectivity index (χ4v) is 1.76. The molecule has 1 heterocycles. The molecule has 2 N–H and O–H groups in total. The van der Waals surface area contributed by atoms with Gasteiger partial charge in [0.1, 0.15) is 0 Å². The van der Waals surface area contributed by atoms with Gasteiger partial charge in [0, 0.05) is 18.7 Å². The number of hydrogen-bond donors (Lipinski definition) is 2. The van der Waals surface area contributed by atoms with Gasteiger partial charge in [-0.1, -0.05) is 12.1 Å². The van der Waals surface area contributed by atoms with Crippen LogP contribution >= 0.6 is 0 Å². The molecule has 1 saturated heterocycles. The number of hydrogen-bond acceptors (Lipinski definition) is 2. The highest BCUT2D eigenvalue weighted by molar-refractivity contribution is 5.97. The maximum Gasteiger partial charge on any atom is 0.229 e.